The number of aliphatic hydroxyl groups excluding tert-OH is 1. The van der Waals surface area contributed by atoms with Crippen molar-refractivity contribution >= 4 is 5.69 Å². The van der Waals surface area contributed by atoms with Crippen LogP contribution in [0.1, 0.15) is 11.1 Å². The van der Waals surface area contributed by atoms with Crippen LogP contribution in [0.25, 0.3) is 0 Å². The van der Waals surface area contributed by atoms with Crippen molar-refractivity contribution in [3.63, 3.8) is 0 Å². The molecule has 0 aliphatic heterocycles. The summed E-state index contributed by atoms with van der Waals surface area (Å²) >= 11 is 0. The summed E-state index contributed by atoms with van der Waals surface area (Å²) in [4.78, 5) is 10.5. The summed E-state index contributed by atoms with van der Waals surface area (Å²) in [5, 5.41) is 12.2. The minimum atomic E-state index is -4.44. The van der Waals surface area contributed by atoms with E-state index in [4.69, 9.17) is 5.11 Å². The minimum absolute atomic E-state index is 0.166. The molecule has 0 radical (unpaired) electrons. The maximum atomic E-state index is 12.6. The molecule has 0 amide bonds. The van der Waals surface area contributed by atoms with E-state index in [0.717, 1.165) is 17.1 Å². The number of nitrogens with zero attached hydrogens (tertiary/aromatic N) is 2. The second kappa shape index (κ2) is 6.33. The molecule has 104 valence electrons. The monoisotopic (exact) mass is 274 g/mol. The number of benzene rings is 1. The van der Waals surface area contributed by atoms with E-state index in [2.05, 4.69) is 5.29 Å². The van der Waals surface area contributed by atoms with Crippen LogP contribution in [0.15, 0.2) is 35.6 Å². The zero-order chi connectivity index (χ0) is 14.5. The lowest BCUT2D eigenvalue weighted by atomic mass is 10.0. The third-order valence-electron chi connectivity index (χ3n) is 2.49. The van der Waals surface area contributed by atoms with Crippen LogP contribution in [0, 0.1) is 4.91 Å². The fourth-order valence-electron chi connectivity index (χ4n) is 1.57. The molecule has 1 aromatic rings. The Morgan fingerprint density at radius 1 is 1.37 bits per heavy atom. The van der Waals surface area contributed by atoms with Gasteiger partial charge in [0, 0.05) is 7.05 Å². The Kier molecular flexibility index (Phi) is 5.05. The molecular formula is C12H13F3N2O2. The van der Waals surface area contributed by atoms with Crippen LogP contribution in [0.4, 0.5) is 18.9 Å². The van der Waals surface area contributed by atoms with Crippen molar-refractivity contribution in [3.8, 4) is 0 Å². The van der Waals surface area contributed by atoms with Gasteiger partial charge in [-0.3, -0.25) is 0 Å². The van der Waals surface area contributed by atoms with Crippen molar-refractivity contribution in [2.24, 2.45) is 5.29 Å². The molecule has 7 heteroatoms. The van der Waals surface area contributed by atoms with Gasteiger partial charge >= 0.3 is 6.18 Å². The van der Waals surface area contributed by atoms with Gasteiger partial charge in [-0.1, -0.05) is 12.2 Å². The van der Waals surface area contributed by atoms with Crippen molar-refractivity contribution in [1.29, 1.82) is 0 Å². The highest BCUT2D eigenvalue weighted by Gasteiger charge is 2.31. The Hall–Kier alpha value is -1.89. The number of alkyl halides is 3. The maximum absolute atomic E-state index is 12.6. The summed E-state index contributed by atoms with van der Waals surface area (Å²) in [7, 11) is 1.36. The van der Waals surface area contributed by atoms with Crippen LogP contribution < -0.4 is 5.01 Å². The first-order chi connectivity index (χ1) is 8.90. The highest BCUT2D eigenvalue weighted by atomic mass is 19.4. The Morgan fingerprint density at radius 3 is 2.58 bits per heavy atom. The summed E-state index contributed by atoms with van der Waals surface area (Å²) in [6, 6.07) is 3.07. The molecule has 0 aliphatic carbocycles. The van der Waals surface area contributed by atoms with Gasteiger partial charge in [-0.05, 0) is 30.2 Å². The van der Waals surface area contributed by atoms with Gasteiger partial charge in [-0.2, -0.15) is 13.2 Å². The zero-order valence-corrected chi connectivity index (χ0v) is 10.2. The first-order valence-corrected chi connectivity index (χ1v) is 5.43. The summed E-state index contributed by atoms with van der Waals surface area (Å²) in [6.07, 6.45) is -1.34. The van der Waals surface area contributed by atoms with Crippen LogP contribution in [0.3, 0.4) is 0 Å². The second-order valence-electron chi connectivity index (χ2n) is 3.80. The maximum Gasteiger partial charge on any atom is 0.416 e. The van der Waals surface area contributed by atoms with Gasteiger partial charge in [0.1, 0.15) is 0 Å². The van der Waals surface area contributed by atoms with Gasteiger partial charge in [0.25, 0.3) is 0 Å². The summed E-state index contributed by atoms with van der Waals surface area (Å²) in [5.41, 5.74) is -0.185. The molecule has 0 fully saturated rings. The Morgan fingerprint density at radius 2 is 2.05 bits per heavy atom. The molecular weight excluding hydrogens is 261 g/mol. The fraction of sp³-hybridized carbons (Fsp3) is 0.333. The molecule has 19 heavy (non-hydrogen) atoms. The van der Waals surface area contributed by atoms with E-state index in [1.165, 1.54) is 25.3 Å². The van der Waals surface area contributed by atoms with Crippen LogP contribution in [0.2, 0.25) is 0 Å². The Balaban J connectivity index is 3.18. The first-order valence-electron chi connectivity index (χ1n) is 5.43. The van der Waals surface area contributed by atoms with E-state index in [0.29, 0.717) is 11.3 Å². The van der Waals surface area contributed by atoms with Crippen molar-refractivity contribution in [3.05, 3.63) is 46.4 Å². The molecule has 0 aromatic heterocycles. The zero-order valence-electron chi connectivity index (χ0n) is 10.2. The standard InChI is InChI=1S/C12H13F3N2O2/c1-17(16-19)11-6-5-10(12(13,14)15)8-9(11)4-2-3-7-18/h2-3,5-6,8,18H,4,7H2,1H3/b3-2+. The molecule has 0 unspecified atom stereocenters. The lowest BCUT2D eigenvalue weighted by molar-refractivity contribution is -0.137. The molecule has 0 saturated carbocycles. The summed E-state index contributed by atoms with van der Waals surface area (Å²) in [6.45, 7) is -0.198. The van der Waals surface area contributed by atoms with E-state index < -0.39 is 11.7 Å². The predicted octanol–water partition coefficient (Wildman–Crippen LogP) is 2.91. The van der Waals surface area contributed by atoms with Crippen molar-refractivity contribution in [2.45, 2.75) is 12.6 Å². The molecule has 0 saturated heterocycles. The highest BCUT2D eigenvalue weighted by molar-refractivity contribution is 5.55. The van der Waals surface area contributed by atoms with E-state index in [1.807, 2.05) is 0 Å². The number of rotatable bonds is 5. The van der Waals surface area contributed by atoms with E-state index >= 15 is 0 Å². The quantitative estimate of drug-likeness (QED) is 0.510. The van der Waals surface area contributed by atoms with Gasteiger partial charge < -0.3 is 5.11 Å². The third-order valence-corrected chi connectivity index (χ3v) is 2.49. The van der Waals surface area contributed by atoms with Crippen LogP contribution >= 0.6 is 0 Å². The van der Waals surface area contributed by atoms with E-state index in [9.17, 15) is 18.1 Å². The SMILES string of the molecule is CN(N=O)c1ccc(C(F)(F)F)cc1C/C=C/CO. The second-order valence-corrected chi connectivity index (χ2v) is 3.80. The number of nitroso groups, excluding NO2 is 1. The van der Waals surface area contributed by atoms with Gasteiger partial charge in [-0.15, -0.1) is 4.91 Å². The number of anilines is 1. The molecule has 1 rings (SSSR count). The Labute approximate surface area is 108 Å². The molecule has 0 atom stereocenters. The third kappa shape index (κ3) is 4.06. The molecule has 0 spiro atoms. The van der Waals surface area contributed by atoms with Gasteiger partial charge in [-0.25, -0.2) is 5.01 Å². The molecule has 0 aliphatic rings. The summed E-state index contributed by atoms with van der Waals surface area (Å²) in [5.74, 6) is 0. The molecule has 4 nitrogen and oxygen atoms in total. The minimum Gasteiger partial charge on any atom is -0.392 e. The van der Waals surface area contributed by atoms with Crippen molar-refractivity contribution < 1.29 is 18.3 Å². The largest absolute Gasteiger partial charge is 0.416 e. The van der Waals surface area contributed by atoms with E-state index in [1.54, 1.807) is 0 Å². The molecule has 1 N–H and O–H groups in total. The average molecular weight is 274 g/mol. The topological polar surface area (TPSA) is 52.9 Å². The smallest absolute Gasteiger partial charge is 0.392 e. The van der Waals surface area contributed by atoms with Crippen molar-refractivity contribution in [2.75, 3.05) is 18.7 Å². The fourth-order valence-corrected chi connectivity index (χ4v) is 1.57. The normalized spacial score (nSPS) is 11.8. The summed E-state index contributed by atoms with van der Waals surface area (Å²) < 4.78 is 37.8. The van der Waals surface area contributed by atoms with Crippen LogP contribution in [-0.2, 0) is 12.6 Å². The van der Waals surface area contributed by atoms with Gasteiger partial charge in [0.05, 0.1) is 23.1 Å². The average Bonchev–Trinajstić information content (AvgIpc) is 2.37. The first kappa shape index (κ1) is 15.2. The van der Waals surface area contributed by atoms with E-state index in [-0.39, 0.29) is 13.0 Å². The lowest BCUT2D eigenvalue weighted by Gasteiger charge is -2.16. The number of hydrogen-bond acceptors (Lipinski definition) is 3. The number of aliphatic hydroxyl groups is 1. The lowest BCUT2D eigenvalue weighted by Crippen LogP contribution is -2.12. The molecule has 0 heterocycles. The highest BCUT2D eigenvalue weighted by Crippen LogP contribution is 2.33. The number of allylic oxidation sites excluding steroid dienone is 1. The Bertz CT molecular complexity index is 473. The number of hydrogen-bond donors (Lipinski definition) is 1. The van der Waals surface area contributed by atoms with Gasteiger partial charge in [0.2, 0.25) is 0 Å². The number of halogens is 3. The van der Waals surface area contributed by atoms with Gasteiger partial charge in [0.15, 0.2) is 0 Å². The van der Waals surface area contributed by atoms with Crippen LogP contribution in [0.5, 0.6) is 0 Å². The predicted molar refractivity (Wildman–Crippen MR) is 65.6 cm³/mol. The van der Waals surface area contributed by atoms with Crippen LogP contribution in [-0.4, -0.2) is 18.8 Å². The van der Waals surface area contributed by atoms with Crippen molar-refractivity contribution in [1.82, 2.24) is 0 Å². The molecule has 1 aromatic carbocycles. The molecule has 0 bridgehead atoms.